The number of nitrogens with zero attached hydrogens (tertiary/aromatic N) is 1. The van der Waals surface area contributed by atoms with Crippen LogP contribution in [0.25, 0.3) is 0 Å². The van der Waals surface area contributed by atoms with Crippen molar-refractivity contribution in [2.24, 2.45) is 0 Å². The average molecular weight is 225 g/mol. The quantitative estimate of drug-likeness (QED) is 0.584. The maximum atomic E-state index is 12.9. The van der Waals surface area contributed by atoms with Crippen molar-refractivity contribution < 1.29 is 14.1 Å². The lowest BCUT2D eigenvalue weighted by Crippen LogP contribution is -2.10. The van der Waals surface area contributed by atoms with E-state index in [-0.39, 0.29) is 17.0 Å². The van der Waals surface area contributed by atoms with Gasteiger partial charge in [-0.2, -0.15) is 0 Å². The molecular weight excluding hydrogens is 213 g/mol. The highest BCUT2D eigenvalue weighted by Crippen LogP contribution is 2.30. The van der Waals surface area contributed by atoms with E-state index < -0.39 is 16.7 Å². The zero-order chi connectivity index (χ0) is 12.3. The number of nitro benzene ring substituents is 1. The molecule has 1 atom stereocenters. The summed E-state index contributed by atoms with van der Waals surface area (Å²) in [6.45, 7) is 3.14. The van der Waals surface area contributed by atoms with Crippen molar-refractivity contribution in [2.45, 2.75) is 26.2 Å². The Morgan fingerprint density at radius 3 is 2.62 bits per heavy atom. The van der Waals surface area contributed by atoms with Crippen molar-refractivity contribution in [3.05, 3.63) is 39.7 Å². The van der Waals surface area contributed by atoms with Crippen molar-refractivity contribution in [1.29, 1.82) is 0 Å². The summed E-state index contributed by atoms with van der Waals surface area (Å²) >= 11 is 0. The first-order valence-corrected chi connectivity index (χ1v) is 4.91. The number of halogens is 1. The van der Waals surface area contributed by atoms with E-state index in [1.165, 1.54) is 13.0 Å². The van der Waals surface area contributed by atoms with Crippen molar-refractivity contribution in [2.75, 3.05) is 0 Å². The minimum atomic E-state index is -0.672. The Morgan fingerprint density at radius 2 is 2.19 bits per heavy atom. The number of carbonyl (C=O) groups excluding carboxylic acids is 1. The number of benzene rings is 1. The minimum Gasteiger partial charge on any atom is -0.299 e. The summed E-state index contributed by atoms with van der Waals surface area (Å²) in [4.78, 5) is 21.4. The Kier molecular flexibility index (Phi) is 3.71. The molecule has 0 bridgehead atoms. The summed E-state index contributed by atoms with van der Waals surface area (Å²) in [5.74, 6) is -1.37. The second-order valence-corrected chi connectivity index (χ2v) is 3.53. The second kappa shape index (κ2) is 4.83. The van der Waals surface area contributed by atoms with E-state index in [1.54, 1.807) is 6.92 Å². The van der Waals surface area contributed by atoms with Crippen LogP contribution in [0.4, 0.5) is 10.1 Å². The molecule has 0 fully saturated rings. The van der Waals surface area contributed by atoms with Crippen molar-refractivity contribution in [3.63, 3.8) is 0 Å². The number of hydrogen-bond donors (Lipinski definition) is 0. The normalized spacial score (nSPS) is 12.2. The van der Waals surface area contributed by atoms with Crippen molar-refractivity contribution >= 4 is 11.5 Å². The van der Waals surface area contributed by atoms with Gasteiger partial charge in [-0.15, -0.1) is 0 Å². The van der Waals surface area contributed by atoms with Crippen LogP contribution in [0.5, 0.6) is 0 Å². The topological polar surface area (TPSA) is 60.2 Å². The van der Waals surface area contributed by atoms with E-state index in [4.69, 9.17) is 0 Å². The minimum absolute atomic E-state index is 0.155. The van der Waals surface area contributed by atoms with Gasteiger partial charge in [0.05, 0.1) is 11.0 Å². The summed E-state index contributed by atoms with van der Waals surface area (Å²) in [5.41, 5.74) is -0.0524. The van der Waals surface area contributed by atoms with Crippen LogP contribution in [0.2, 0.25) is 0 Å². The largest absolute Gasteiger partial charge is 0.299 e. The first-order valence-electron chi connectivity index (χ1n) is 4.91. The Balaban J connectivity index is 3.31. The maximum absolute atomic E-state index is 12.9. The van der Waals surface area contributed by atoms with Crippen molar-refractivity contribution in [1.82, 2.24) is 0 Å². The van der Waals surface area contributed by atoms with Gasteiger partial charge in [0.15, 0.2) is 0 Å². The lowest BCUT2D eigenvalue weighted by molar-refractivity contribution is -0.385. The van der Waals surface area contributed by atoms with Gasteiger partial charge in [0, 0.05) is 11.5 Å². The molecule has 16 heavy (non-hydrogen) atoms. The number of Topliss-reactive ketones (excluding diaryl/α,β-unsaturated/α-hetero) is 1. The number of ketones is 1. The van der Waals surface area contributed by atoms with Gasteiger partial charge in [-0.3, -0.25) is 14.9 Å². The summed E-state index contributed by atoms with van der Waals surface area (Å²) in [6.07, 6.45) is 0.460. The molecule has 0 saturated heterocycles. The lowest BCUT2D eigenvalue weighted by atomic mass is 9.91. The third-order valence-corrected chi connectivity index (χ3v) is 2.46. The van der Waals surface area contributed by atoms with Gasteiger partial charge in [-0.25, -0.2) is 4.39 Å². The highest BCUT2D eigenvalue weighted by molar-refractivity contribution is 5.84. The van der Waals surface area contributed by atoms with Crippen LogP contribution in [0, 0.1) is 15.9 Å². The zero-order valence-corrected chi connectivity index (χ0v) is 9.07. The molecule has 0 radical (unpaired) electrons. The van der Waals surface area contributed by atoms with Crippen molar-refractivity contribution in [3.8, 4) is 0 Å². The van der Waals surface area contributed by atoms with Gasteiger partial charge in [0.25, 0.3) is 5.69 Å². The van der Waals surface area contributed by atoms with Gasteiger partial charge >= 0.3 is 0 Å². The molecule has 0 aliphatic heterocycles. The highest BCUT2D eigenvalue weighted by Gasteiger charge is 2.24. The van der Waals surface area contributed by atoms with Crippen LogP contribution >= 0.6 is 0 Å². The SMILES string of the molecule is CCC(C(C)=O)c1ccc(F)cc1[N+](=O)[O-]. The summed E-state index contributed by atoms with van der Waals surface area (Å²) in [6, 6.07) is 3.29. The molecule has 0 aromatic heterocycles. The second-order valence-electron chi connectivity index (χ2n) is 3.53. The molecule has 0 aliphatic rings. The molecule has 0 aliphatic carbocycles. The molecule has 1 aromatic carbocycles. The Hall–Kier alpha value is -1.78. The van der Waals surface area contributed by atoms with Gasteiger partial charge in [-0.1, -0.05) is 6.92 Å². The van der Waals surface area contributed by atoms with E-state index in [0.717, 1.165) is 12.1 Å². The fourth-order valence-electron chi connectivity index (χ4n) is 1.70. The molecule has 0 saturated carbocycles. The van der Waals surface area contributed by atoms with Crippen LogP contribution in [-0.2, 0) is 4.79 Å². The molecule has 0 amide bonds. The molecule has 0 heterocycles. The van der Waals surface area contributed by atoms with Crippen LogP contribution in [0.3, 0.4) is 0 Å². The molecule has 1 aromatic rings. The van der Waals surface area contributed by atoms with E-state index >= 15 is 0 Å². The molecule has 4 nitrogen and oxygen atoms in total. The van der Waals surface area contributed by atoms with Crippen LogP contribution in [0.15, 0.2) is 18.2 Å². The zero-order valence-electron chi connectivity index (χ0n) is 9.07. The van der Waals surface area contributed by atoms with Gasteiger partial charge in [0.2, 0.25) is 0 Å². The van der Waals surface area contributed by atoms with Crippen LogP contribution < -0.4 is 0 Å². The highest BCUT2D eigenvalue weighted by atomic mass is 19.1. The number of carbonyl (C=O) groups is 1. The number of nitro groups is 1. The maximum Gasteiger partial charge on any atom is 0.276 e. The van der Waals surface area contributed by atoms with Gasteiger partial charge in [-0.05, 0) is 25.5 Å². The number of hydrogen-bond acceptors (Lipinski definition) is 3. The summed E-state index contributed by atoms with van der Waals surface area (Å²) in [5, 5.41) is 10.7. The predicted octanol–water partition coefficient (Wildman–Crippen LogP) is 2.82. The molecule has 1 rings (SSSR count). The third-order valence-electron chi connectivity index (χ3n) is 2.46. The van der Waals surface area contributed by atoms with E-state index in [9.17, 15) is 19.3 Å². The predicted molar refractivity (Wildman–Crippen MR) is 56.8 cm³/mol. The molecule has 5 heteroatoms. The summed E-state index contributed by atoms with van der Waals surface area (Å²) < 4.78 is 12.9. The van der Waals surface area contributed by atoms with Gasteiger partial charge < -0.3 is 0 Å². The third kappa shape index (κ3) is 2.42. The Morgan fingerprint density at radius 1 is 1.56 bits per heavy atom. The smallest absolute Gasteiger partial charge is 0.276 e. The van der Waals surface area contributed by atoms with Gasteiger partial charge in [0.1, 0.15) is 11.6 Å². The first kappa shape index (κ1) is 12.3. The summed E-state index contributed by atoms with van der Waals surface area (Å²) in [7, 11) is 0. The van der Waals surface area contributed by atoms with Crippen LogP contribution in [-0.4, -0.2) is 10.7 Å². The fourth-order valence-corrected chi connectivity index (χ4v) is 1.70. The molecule has 1 unspecified atom stereocenters. The molecular formula is C11H12FNO3. The Labute approximate surface area is 92.2 Å². The average Bonchev–Trinajstić information content (AvgIpc) is 2.20. The fraction of sp³-hybridized carbons (Fsp3) is 0.364. The monoisotopic (exact) mass is 225 g/mol. The molecule has 86 valence electrons. The van der Waals surface area contributed by atoms with E-state index in [1.807, 2.05) is 0 Å². The van der Waals surface area contributed by atoms with E-state index in [2.05, 4.69) is 0 Å². The Bertz CT molecular complexity index is 431. The molecule has 0 spiro atoms. The number of rotatable bonds is 4. The standard InChI is InChI=1S/C11H12FNO3/c1-3-9(7(2)14)10-5-4-8(12)6-11(10)13(15)16/h4-6,9H,3H2,1-2H3. The first-order chi connectivity index (χ1) is 7.47. The van der Waals surface area contributed by atoms with Crippen LogP contribution in [0.1, 0.15) is 31.7 Å². The van der Waals surface area contributed by atoms with E-state index in [0.29, 0.717) is 6.42 Å². The molecule has 0 N–H and O–H groups in total. The lowest BCUT2D eigenvalue weighted by Gasteiger charge is -2.11.